The summed E-state index contributed by atoms with van der Waals surface area (Å²) in [6.07, 6.45) is 2.56. The summed E-state index contributed by atoms with van der Waals surface area (Å²) in [6.45, 7) is 5.25. The van der Waals surface area contributed by atoms with Gasteiger partial charge >= 0.3 is 5.97 Å². The van der Waals surface area contributed by atoms with Gasteiger partial charge in [-0.1, -0.05) is 26.0 Å². The molecule has 0 aliphatic carbocycles. The van der Waals surface area contributed by atoms with Gasteiger partial charge in [0.25, 0.3) is 5.91 Å². The van der Waals surface area contributed by atoms with Crippen LogP contribution in [0.25, 0.3) is 6.08 Å². The number of hydrogen-bond acceptors (Lipinski definition) is 5. The number of amides is 1. The molecular weight excluding hydrogens is 342 g/mol. The van der Waals surface area contributed by atoms with E-state index in [2.05, 4.69) is 13.8 Å². The molecule has 6 nitrogen and oxygen atoms in total. The smallest absolute Gasteiger partial charge is 0.349 e. The number of carbonyl (C=O) groups is 2. The molecular formula is C21H27N3O3. The van der Waals surface area contributed by atoms with Crippen molar-refractivity contribution in [3.05, 3.63) is 35.4 Å². The quantitative estimate of drug-likeness (QED) is 0.453. The molecule has 1 amide bonds. The van der Waals surface area contributed by atoms with Gasteiger partial charge in [-0.2, -0.15) is 5.26 Å². The van der Waals surface area contributed by atoms with E-state index >= 15 is 0 Å². The Labute approximate surface area is 161 Å². The molecule has 1 heterocycles. The third-order valence-corrected chi connectivity index (χ3v) is 4.61. The van der Waals surface area contributed by atoms with Crippen LogP contribution in [0.1, 0.15) is 25.8 Å². The van der Waals surface area contributed by atoms with Gasteiger partial charge in [0.15, 0.2) is 6.61 Å². The lowest BCUT2D eigenvalue weighted by atomic mass is 9.92. The van der Waals surface area contributed by atoms with Crippen molar-refractivity contribution >= 4 is 23.6 Å². The fourth-order valence-corrected chi connectivity index (χ4v) is 3.34. The van der Waals surface area contributed by atoms with Gasteiger partial charge in [-0.05, 0) is 42.0 Å². The SMILES string of the molecule is C[C@@H]1C[C@H](C)CN(C(=O)COC(=O)/C(C#N)=C/c2ccc(N(C)C)cc2)C1. The molecule has 1 aliphatic heterocycles. The number of ether oxygens (including phenoxy) is 1. The van der Waals surface area contributed by atoms with Crippen molar-refractivity contribution in [2.45, 2.75) is 20.3 Å². The van der Waals surface area contributed by atoms with Gasteiger partial charge < -0.3 is 14.5 Å². The van der Waals surface area contributed by atoms with E-state index < -0.39 is 5.97 Å². The van der Waals surface area contributed by atoms with E-state index in [4.69, 9.17) is 4.74 Å². The van der Waals surface area contributed by atoms with Crippen molar-refractivity contribution in [1.29, 1.82) is 5.26 Å². The standard InChI is InChI=1S/C21H27N3O3/c1-15-9-16(2)13-24(12-15)20(25)14-27-21(26)18(11-22)10-17-5-7-19(8-6-17)23(3)4/h5-8,10,15-16H,9,12-14H2,1-4H3/b18-10+/t15-,16+. The van der Waals surface area contributed by atoms with Gasteiger partial charge in [-0.25, -0.2) is 4.79 Å². The third-order valence-electron chi connectivity index (χ3n) is 4.61. The van der Waals surface area contributed by atoms with E-state index in [0.717, 1.165) is 17.7 Å². The predicted molar refractivity (Wildman–Crippen MR) is 105 cm³/mol. The monoisotopic (exact) mass is 369 g/mol. The molecule has 1 aromatic rings. The molecule has 1 fully saturated rings. The highest BCUT2D eigenvalue weighted by atomic mass is 16.5. The number of esters is 1. The largest absolute Gasteiger partial charge is 0.451 e. The van der Waals surface area contributed by atoms with Crippen LogP contribution in [0.2, 0.25) is 0 Å². The van der Waals surface area contributed by atoms with Gasteiger partial charge in [-0.15, -0.1) is 0 Å². The molecule has 0 saturated carbocycles. The van der Waals surface area contributed by atoms with Gasteiger partial charge in [0.1, 0.15) is 11.6 Å². The third kappa shape index (κ3) is 5.85. The van der Waals surface area contributed by atoms with Crippen molar-refractivity contribution in [2.24, 2.45) is 11.8 Å². The summed E-state index contributed by atoms with van der Waals surface area (Å²) in [6, 6.07) is 9.29. The number of hydrogen-bond donors (Lipinski definition) is 0. The second-order valence-electron chi connectivity index (χ2n) is 7.48. The number of nitriles is 1. The van der Waals surface area contributed by atoms with Crippen molar-refractivity contribution in [3.8, 4) is 6.07 Å². The summed E-state index contributed by atoms with van der Waals surface area (Å²) >= 11 is 0. The van der Waals surface area contributed by atoms with Crippen LogP contribution in [-0.4, -0.2) is 50.6 Å². The first-order chi connectivity index (χ1) is 12.8. The molecule has 1 saturated heterocycles. The molecule has 0 unspecified atom stereocenters. The number of benzene rings is 1. The van der Waals surface area contributed by atoms with Crippen LogP contribution in [0, 0.1) is 23.2 Å². The van der Waals surface area contributed by atoms with E-state index in [-0.39, 0.29) is 18.1 Å². The highest BCUT2D eigenvalue weighted by Crippen LogP contribution is 2.21. The zero-order valence-electron chi connectivity index (χ0n) is 16.4. The van der Waals surface area contributed by atoms with Crippen LogP contribution < -0.4 is 4.90 Å². The Kier molecular flexibility index (Phi) is 7.00. The van der Waals surface area contributed by atoms with E-state index in [1.54, 1.807) is 4.90 Å². The first-order valence-corrected chi connectivity index (χ1v) is 9.14. The summed E-state index contributed by atoms with van der Waals surface area (Å²) in [5.74, 6) is -0.115. The Morgan fingerprint density at radius 1 is 1.22 bits per heavy atom. The van der Waals surface area contributed by atoms with Crippen LogP contribution in [-0.2, 0) is 14.3 Å². The maximum Gasteiger partial charge on any atom is 0.349 e. The Morgan fingerprint density at radius 2 is 1.81 bits per heavy atom. The zero-order valence-corrected chi connectivity index (χ0v) is 16.4. The molecule has 0 aromatic heterocycles. The van der Waals surface area contributed by atoms with Gasteiger partial charge in [0.2, 0.25) is 0 Å². The molecule has 0 radical (unpaired) electrons. The number of piperidine rings is 1. The minimum Gasteiger partial charge on any atom is -0.451 e. The van der Waals surface area contributed by atoms with E-state index in [1.807, 2.05) is 49.3 Å². The topological polar surface area (TPSA) is 73.6 Å². The molecule has 2 atom stereocenters. The summed E-state index contributed by atoms with van der Waals surface area (Å²) in [4.78, 5) is 28.2. The normalized spacial score (nSPS) is 20.0. The van der Waals surface area contributed by atoms with Crippen molar-refractivity contribution in [2.75, 3.05) is 38.7 Å². The van der Waals surface area contributed by atoms with Crippen LogP contribution in [0.4, 0.5) is 5.69 Å². The highest BCUT2D eigenvalue weighted by molar-refractivity contribution is 5.98. The Bertz CT molecular complexity index is 737. The first-order valence-electron chi connectivity index (χ1n) is 9.14. The number of likely N-dealkylation sites (tertiary alicyclic amines) is 1. The summed E-state index contributed by atoms with van der Waals surface area (Å²) in [5.41, 5.74) is 1.61. The maximum absolute atomic E-state index is 12.3. The van der Waals surface area contributed by atoms with Crippen molar-refractivity contribution < 1.29 is 14.3 Å². The van der Waals surface area contributed by atoms with E-state index in [9.17, 15) is 14.9 Å². The van der Waals surface area contributed by atoms with Gasteiger partial charge in [0.05, 0.1) is 0 Å². The Balaban J connectivity index is 1.96. The Morgan fingerprint density at radius 3 is 2.33 bits per heavy atom. The second kappa shape index (κ2) is 9.22. The van der Waals surface area contributed by atoms with Crippen molar-refractivity contribution in [3.63, 3.8) is 0 Å². The molecule has 2 rings (SSSR count). The second-order valence-corrected chi connectivity index (χ2v) is 7.48. The van der Waals surface area contributed by atoms with E-state index in [0.29, 0.717) is 24.9 Å². The van der Waals surface area contributed by atoms with Gasteiger partial charge in [0, 0.05) is 32.9 Å². The lowest BCUT2D eigenvalue weighted by Gasteiger charge is -2.34. The van der Waals surface area contributed by atoms with Crippen LogP contribution in [0.15, 0.2) is 29.8 Å². The summed E-state index contributed by atoms with van der Waals surface area (Å²) in [5, 5.41) is 9.26. The molecule has 0 spiro atoms. The summed E-state index contributed by atoms with van der Waals surface area (Å²) < 4.78 is 5.09. The summed E-state index contributed by atoms with van der Waals surface area (Å²) in [7, 11) is 3.87. The molecule has 6 heteroatoms. The van der Waals surface area contributed by atoms with Crippen LogP contribution >= 0.6 is 0 Å². The fourth-order valence-electron chi connectivity index (χ4n) is 3.34. The number of carbonyl (C=O) groups excluding carboxylic acids is 2. The molecule has 1 aliphatic rings. The number of rotatable bonds is 5. The lowest BCUT2D eigenvalue weighted by molar-refractivity contribution is -0.149. The van der Waals surface area contributed by atoms with E-state index in [1.165, 1.54) is 6.08 Å². The Hall–Kier alpha value is -2.81. The molecule has 0 N–H and O–H groups in total. The maximum atomic E-state index is 12.3. The fraction of sp³-hybridized carbons (Fsp3) is 0.476. The average molecular weight is 369 g/mol. The molecule has 1 aromatic carbocycles. The predicted octanol–water partition coefficient (Wildman–Crippen LogP) is 2.71. The number of nitrogens with zero attached hydrogens (tertiary/aromatic N) is 3. The minimum atomic E-state index is -0.777. The molecule has 27 heavy (non-hydrogen) atoms. The average Bonchev–Trinajstić information content (AvgIpc) is 2.63. The number of anilines is 1. The highest BCUT2D eigenvalue weighted by Gasteiger charge is 2.26. The zero-order chi connectivity index (χ0) is 20.0. The molecule has 144 valence electrons. The minimum absolute atomic E-state index is 0.124. The van der Waals surface area contributed by atoms with Gasteiger partial charge in [-0.3, -0.25) is 4.79 Å². The first kappa shape index (κ1) is 20.5. The lowest BCUT2D eigenvalue weighted by Crippen LogP contribution is -2.44. The molecule has 0 bridgehead atoms. The van der Waals surface area contributed by atoms with Crippen LogP contribution in [0.5, 0.6) is 0 Å². The van der Waals surface area contributed by atoms with Crippen LogP contribution in [0.3, 0.4) is 0 Å². The van der Waals surface area contributed by atoms with Crippen molar-refractivity contribution in [1.82, 2.24) is 4.90 Å².